The van der Waals surface area contributed by atoms with E-state index in [1.807, 2.05) is 31.2 Å². The van der Waals surface area contributed by atoms with Gasteiger partial charge in [-0.2, -0.15) is 0 Å². The molecule has 0 aliphatic rings. The van der Waals surface area contributed by atoms with Crippen LogP contribution in [-0.4, -0.2) is 31.3 Å². The van der Waals surface area contributed by atoms with Crippen LogP contribution in [0.15, 0.2) is 24.3 Å². The molecule has 0 amide bonds. The van der Waals surface area contributed by atoms with Crippen LogP contribution < -0.4 is 4.74 Å². The lowest BCUT2D eigenvalue weighted by atomic mass is 10.2. The van der Waals surface area contributed by atoms with Crippen molar-refractivity contribution in [1.82, 2.24) is 0 Å². The molecule has 1 unspecified atom stereocenters. The van der Waals surface area contributed by atoms with E-state index in [1.54, 1.807) is 0 Å². The monoisotopic (exact) mass is 266 g/mol. The SMILES string of the molecule is CC(=O)OCC(COc1ccccc1C)OC(C)=O. The second-order valence-corrected chi connectivity index (χ2v) is 4.11. The number of esters is 2. The summed E-state index contributed by atoms with van der Waals surface area (Å²) < 4.78 is 15.4. The maximum Gasteiger partial charge on any atom is 0.303 e. The molecule has 5 nitrogen and oxygen atoms in total. The molecule has 1 rings (SSSR count). The molecule has 0 aliphatic heterocycles. The minimum Gasteiger partial charge on any atom is -0.489 e. The molecular formula is C14H18O5. The van der Waals surface area contributed by atoms with Crippen LogP contribution in [0.2, 0.25) is 0 Å². The quantitative estimate of drug-likeness (QED) is 0.735. The Balaban J connectivity index is 2.54. The van der Waals surface area contributed by atoms with Crippen LogP contribution in [-0.2, 0) is 19.1 Å². The van der Waals surface area contributed by atoms with Crippen LogP contribution in [0.3, 0.4) is 0 Å². The predicted molar refractivity (Wildman–Crippen MR) is 68.9 cm³/mol. The molecule has 1 aromatic rings. The smallest absolute Gasteiger partial charge is 0.303 e. The van der Waals surface area contributed by atoms with E-state index >= 15 is 0 Å². The third-order valence-electron chi connectivity index (χ3n) is 2.32. The molecule has 1 aromatic carbocycles. The van der Waals surface area contributed by atoms with Gasteiger partial charge in [0.15, 0.2) is 6.10 Å². The standard InChI is InChI=1S/C14H18O5/c1-10-6-4-5-7-14(10)18-9-13(19-12(3)16)8-17-11(2)15/h4-7,13H,8-9H2,1-3H3. The first-order valence-electron chi connectivity index (χ1n) is 5.98. The number of para-hydroxylation sites is 1. The summed E-state index contributed by atoms with van der Waals surface area (Å²) in [6.45, 7) is 4.64. The van der Waals surface area contributed by atoms with Crippen LogP contribution in [0.5, 0.6) is 5.75 Å². The first kappa shape index (κ1) is 15.0. The summed E-state index contributed by atoms with van der Waals surface area (Å²) >= 11 is 0. The van der Waals surface area contributed by atoms with E-state index in [-0.39, 0.29) is 13.2 Å². The Morgan fingerprint density at radius 3 is 2.37 bits per heavy atom. The van der Waals surface area contributed by atoms with E-state index in [2.05, 4.69) is 0 Å². The topological polar surface area (TPSA) is 61.8 Å². The Hall–Kier alpha value is -2.04. The van der Waals surface area contributed by atoms with E-state index < -0.39 is 18.0 Å². The van der Waals surface area contributed by atoms with E-state index in [0.29, 0.717) is 5.75 Å². The second kappa shape index (κ2) is 7.41. The Bertz CT molecular complexity index is 441. The fourth-order valence-corrected chi connectivity index (χ4v) is 1.46. The molecular weight excluding hydrogens is 248 g/mol. The highest BCUT2D eigenvalue weighted by atomic mass is 16.6. The number of benzene rings is 1. The van der Waals surface area contributed by atoms with Gasteiger partial charge in [0.1, 0.15) is 19.0 Å². The first-order chi connectivity index (χ1) is 8.99. The third kappa shape index (κ3) is 5.90. The van der Waals surface area contributed by atoms with Gasteiger partial charge in [0.2, 0.25) is 0 Å². The van der Waals surface area contributed by atoms with Crippen LogP contribution in [0.4, 0.5) is 0 Å². The highest BCUT2D eigenvalue weighted by Crippen LogP contribution is 2.16. The van der Waals surface area contributed by atoms with E-state index in [9.17, 15) is 9.59 Å². The second-order valence-electron chi connectivity index (χ2n) is 4.11. The van der Waals surface area contributed by atoms with Gasteiger partial charge >= 0.3 is 11.9 Å². The van der Waals surface area contributed by atoms with Crippen molar-refractivity contribution < 1.29 is 23.8 Å². The maximum absolute atomic E-state index is 11.0. The molecule has 0 fully saturated rings. The molecule has 19 heavy (non-hydrogen) atoms. The van der Waals surface area contributed by atoms with Crippen LogP contribution >= 0.6 is 0 Å². The largest absolute Gasteiger partial charge is 0.489 e. The van der Waals surface area contributed by atoms with Gasteiger partial charge in [0.05, 0.1) is 0 Å². The van der Waals surface area contributed by atoms with Gasteiger partial charge in [-0.1, -0.05) is 18.2 Å². The summed E-state index contributed by atoms with van der Waals surface area (Å²) in [6, 6.07) is 7.51. The molecule has 0 spiro atoms. The Morgan fingerprint density at radius 2 is 1.79 bits per heavy atom. The summed E-state index contributed by atoms with van der Waals surface area (Å²) in [5, 5.41) is 0. The van der Waals surface area contributed by atoms with Gasteiger partial charge in [-0.15, -0.1) is 0 Å². The minimum absolute atomic E-state index is 0.0131. The highest BCUT2D eigenvalue weighted by Gasteiger charge is 2.15. The Morgan fingerprint density at radius 1 is 1.11 bits per heavy atom. The molecule has 0 bridgehead atoms. The van der Waals surface area contributed by atoms with Gasteiger partial charge < -0.3 is 14.2 Å². The summed E-state index contributed by atoms with van der Waals surface area (Å²) in [5.74, 6) is -0.152. The van der Waals surface area contributed by atoms with Crippen LogP contribution in [0.1, 0.15) is 19.4 Å². The van der Waals surface area contributed by atoms with Crippen molar-refractivity contribution in [2.75, 3.05) is 13.2 Å². The van der Waals surface area contributed by atoms with E-state index in [0.717, 1.165) is 5.56 Å². The van der Waals surface area contributed by atoms with Gasteiger partial charge in [-0.3, -0.25) is 9.59 Å². The minimum atomic E-state index is -0.610. The number of hydrogen-bond acceptors (Lipinski definition) is 5. The fourth-order valence-electron chi connectivity index (χ4n) is 1.46. The molecule has 104 valence electrons. The highest BCUT2D eigenvalue weighted by molar-refractivity contribution is 5.67. The lowest BCUT2D eigenvalue weighted by molar-refractivity contribution is -0.158. The van der Waals surface area contributed by atoms with E-state index in [1.165, 1.54) is 13.8 Å². The number of carbonyl (C=O) groups excluding carboxylic acids is 2. The molecule has 0 heterocycles. The lowest BCUT2D eigenvalue weighted by Crippen LogP contribution is -2.30. The molecule has 0 N–H and O–H groups in total. The number of hydrogen-bond donors (Lipinski definition) is 0. The zero-order valence-corrected chi connectivity index (χ0v) is 11.3. The van der Waals surface area contributed by atoms with Crippen LogP contribution in [0.25, 0.3) is 0 Å². The van der Waals surface area contributed by atoms with Crippen molar-refractivity contribution in [1.29, 1.82) is 0 Å². The molecule has 0 saturated carbocycles. The molecule has 0 aliphatic carbocycles. The molecule has 0 saturated heterocycles. The summed E-state index contributed by atoms with van der Waals surface area (Å²) in [7, 11) is 0. The number of ether oxygens (including phenoxy) is 3. The van der Waals surface area contributed by atoms with Crippen molar-refractivity contribution in [3.05, 3.63) is 29.8 Å². The first-order valence-corrected chi connectivity index (χ1v) is 5.98. The zero-order chi connectivity index (χ0) is 14.3. The third-order valence-corrected chi connectivity index (χ3v) is 2.32. The Kier molecular flexibility index (Phi) is 5.85. The average molecular weight is 266 g/mol. The van der Waals surface area contributed by atoms with Crippen molar-refractivity contribution in [3.8, 4) is 5.75 Å². The van der Waals surface area contributed by atoms with Crippen molar-refractivity contribution in [2.24, 2.45) is 0 Å². The van der Waals surface area contributed by atoms with Crippen LogP contribution in [0, 0.1) is 6.92 Å². The predicted octanol–water partition coefficient (Wildman–Crippen LogP) is 1.87. The zero-order valence-electron chi connectivity index (χ0n) is 11.3. The average Bonchev–Trinajstić information content (AvgIpc) is 2.33. The molecule has 1 atom stereocenters. The summed E-state index contributed by atoms with van der Waals surface area (Å²) in [6.07, 6.45) is -0.610. The van der Waals surface area contributed by atoms with Gasteiger partial charge in [0, 0.05) is 13.8 Å². The normalized spacial score (nSPS) is 11.5. The summed E-state index contributed by atoms with van der Waals surface area (Å²) in [4.78, 5) is 21.7. The van der Waals surface area contributed by atoms with Gasteiger partial charge in [-0.25, -0.2) is 0 Å². The lowest BCUT2D eigenvalue weighted by Gasteiger charge is -2.18. The van der Waals surface area contributed by atoms with E-state index in [4.69, 9.17) is 14.2 Å². The van der Waals surface area contributed by atoms with Crippen molar-refractivity contribution >= 4 is 11.9 Å². The van der Waals surface area contributed by atoms with Crippen molar-refractivity contribution in [2.45, 2.75) is 26.9 Å². The Labute approximate surface area is 112 Å². The number of rotatable bonds is 6. The van der Waals surface area contributed by atoms with Gasteiger partial charge in [0.25, 0.3) is 0 Å². The molecule has 0 radical (unpaired) electrons. The maximum atomic E-state index is 11.0. The number of carbonyl (C=O) groups is 2. The van der Waals surface area contributed by atoms with Gasteiger partial charge in [-0.05, 0) is 18.6 Å². The summed E-state index contributed by atoms with van der Waals surface area (Å²) in [5.41, 5.74) is 0.983. The number of aryl methyl sites for hydroxylation is 1. The molecule has 5 heteroatoms. The molecule has 0 aromatic heterocycles. The fraction of sp³-hybridized carbons (Fsp3) is 0.429. The van der Waals surface area contributed by atoms with Crippen molar-refractivity contribution in [3.63, 3.8) is 0 Å².